The highest BCUT2D eigenvalue weighted by molar-refractivity contribution is 7.86. The predicted molar refractivity (Wildman–Crippen MR) is 82.6 cm³/mol. The van der Waals surface area contributed by atoms with Crippen molar-refractivity contribution in [1.29, 1.82) is 0 Å². The minimum atomic E-state index is -1.44. The Morgan fingerprint density at radius 3 is 2.05 bits per heavy atom. The number of nitrogens with one attached hydrogen (secondary N) is 1. The van der Waals surface area contributed by atoms with E-state index in [-0.39, 0.29) is 0 Å². The third-order valence-electron chi connectivity index (χ3n) is 2.87. The van der Waals surface area contributed by atoms with Crippen molar-refractivity contribution in [3.05, 3.63) is 42.5 Å². The quantitative estimate of drug-likeness (QED) is 0.891. The lowest BCUT2D eigenvalue weighted by Gasteiger charge is -2.11. The molecule has 0 amide bonds. The van der Waals surface area contributed by atoms with E-state index in [1.807, 2.05) is 0 Å². The zero-order valence-corrected chi connectivity index (χ0v) is 12.9. The summed E-state index contributed by atoms with van der Waals surface area (Å²) in [5.74, 6) is 1.90. The number of benzene rings is 2. The van der Waals surface area contributed by atoms with Gasteiger partial charge in [0, 0.05) is 11.8 Å². The highest BCUT2D eigenvalue weighted by atomic mass is 32.2. The molecule has 0 aromatic heterocycles. The van der Waals surface area contributed by atoms with Crippen molar-refractivity contribution >= 4 is 16.7 Å². The summed E-state index contributed by atoms with van der Waals surface area (Å²) in [5.41, 5.74) is 0.729. The van der Waals surface area contributed by atoms with Crippen molar-refractivity contribution in [1.82, 2.24) is 0 Å². The Labute approximate surface area is 126 Å². The van der Waals surface area contributed by atoms with E-state index in [1.54, 1.807) is 56.7 Å². The standard InChI is InChI=1S/C15H17NO4S/c1-18-12-6-4-11(5-7-12)16-21(17)15-9-8-13(19-2)10-14(15)20-3/h4-10,16H,1-3H3. The van der Waals surface area contributed by atoms with Crippen LogP contribution < -0.4 is 18.9 Å². The van der Waals surface area contributed by atoms with Gasteiger partial charge in [-0.1, -0.05) is 0 Å². The molecule has 0 saturated heterocycles. The summed E-state index contributed by atoms with van der Waals surface area (Å²) in [6, 6.07) is 12.3. The molecule has 0 aliphatic rings. The van der Waals surface area contributed by atoms with Gasteiger partial charge in [0.1, 0.15) is 22.1 Å². The lowest BCUT2D eigenvalue weighted by Crippen LogP contribution is -2.06. The molecule has 5 nitrogen and oxygen atoms in total. The van der Waals surface area contributed by atoms with E-state index in [9.17, 15) is 4.21 Å². The molecule has 21 heavy (non-hydrogen) atoms. The third kappa shape index (κ3) is 3.66. The average molecular weight is 307 g/mol. The normalized spacial score (nSPS) is 11.6. The second kappa shape index (κ2) is 6.99. The number of rotatable bonds is 6. The summed E-state index contributed by atoms with van der Waals surface area (Å²) in [7, 11) is 3.27. The molecule has 0 aliphatic carbocycles. The average Bonchev–Trinajstić information content (AvgIpc) is 2.54. The summed E-state index contributed by atoms with van der Waals surface area (Å²) >= 11 is 0. The lowest BCUT2D eigenvalue weighted by molar-refractivity contribution is 0.387. The van der Waals surface area contributed by atoms with Crippen LogP contribution in [0, 0.1) is 0 Å². The predicted octanol–water partition coefficient (Wildman–Crippen LogP) is 2.85. The molecule has 1 N–H and O–H groups in total. The highest BCUT2D eigenvalue weighted by Gasteiger charge is 2.12. The number of methoxy groups -OCH3 is 3. The molecule has 2 aromatic carbocycles. The van der Waals surface area contributed by atoms with E-state index >= 15 is 0 Å². The molecule has 1 atom stereocenters. The summed E-state index contributed by atoms with van der Waals surface area (Å²) in [4.78, 5) is 0.550. The molecule has 0 radical (unpaired) electrons. The van der Waals surface area contributed by atoms with Crippen LogP contribution in [0.2, 0.25) is 0 Å². The maximum absolute atomic E-state index is 12.4. The molecule has 0 bridgehead atoms. The Kier molecular flexibility index (Phi) is 5.05. The molecule has 2 rings (SSSR count). The van der Waals surface area contributed by atoms with Gasteiger partial charge in [-0.2, -0.15) is 0 Å². The van der Waals surface area contributed by atoms with Gasteiger partial charge in [-0.05, 0) is 36.4 Å². The molecule has 0 fully saturated rings. The van der Waals surface area contributed by atoms with Crippen molar-refractivity contribution in [3.63, 3.8) is 0 Å². The van der Waals surface area contributed by atoms with Crippen LogP contribution in [0.1, 0.15) is 0 Å². The van der Waals surface area contributed by atoms with E-state index in [0.717, 1.165) is 11.4 Å². The van der Waals surface area contributed by atoms with Gasteiger partial charge in [0.2, 0.25) is 0 Å². The van der Waals surface area contributed by atoms with Gasteiger partial charge in [-0.15, -0.1) is 0 Å². The van der Waals surface area contributed by atoms with Crippen LogP contribution in [0.25, 0.3) is 0 Å². The van der Waals surface area contributed by atoms with Gasteiger partial charge in [-0.25, -0.2) is 4.21 Å². The molecule has 0 saturated carbocycles. The van der Waals surface area contributed by atoms with Gasteiger partial charge in [0.15, 0.2) is 11.0 Å². The van der Waals surface area contributed by atoms with Crippen molar-refractivity contribution < 1.29 is 18.4 Å². The van der Waals surface area contributed by atoms with E-state index in [1.165, 1.54) is 7.11 Å². The van der Waals surface area contributed by atoms with E-state index in [2.05, 4.69) is 4.72 Å². The van der Waals surface area contributed by atoms with Crippen molar-refractivity contribution in [2.45, 2.75) is 4.90 Å². The number of hydrogen-bond donors (Lipinski definition) is 1. The monoisotopic (exact) mass is 307 g/mol. The largest absolute Gasteiger partial charge is 0.497 e. The zero-order valence-electron chi connectivity index (χ0n) is 12.1. The van der Waals surface area contributed by atoms with E-state index in [0.29, 0.717) is 16.4 Å². The van der Waals surface area contributed by atoms with Gasteiger partial charge in [0.25, 0.3) is 0 Å². The van der Waals surface area contributed by atoms with Crippen molar-refractivity contribution in [2.24, 2.45) is 0 Å². The third-order valence-corrected chi connectivity index (χ3v) is 4.03. The smallest absolute Gasteiger partial charge is 0.154 e. The fourth-order valence-electron chi connectivity index (χ4n) is 1.75. The zero-order chi connectivity index (χ0) is 15.2. The van der Waals surface area contributed by atoms with Crippen LogP contribution in [0.3, 0.4) is 0 Å². The van der Waals surface area contributed by atoms with Gasteiger partial charge in [-0.3, -0.25) is 0 Å². The second-order valence-electron chi connectivity index (χ2n) is 4.12. The molecular weight excluding hydrogens is 290 g/mol. The first-order chi connectivity index (χ1) is 10.2. The number of anilines is 1. The molecule has 2 aromatic rings. The Balaban J connectivity index is 2.19. The van der Waals surface area contributed by atoms with E-state index < -0.39 is 11.0 Å². The SMILES string of the molecule is COc1ccc(NS(=O)c2ccc(OC)cc2OC)cc1. The maximum atomic E-state index is 12.4. The Bertz CT molecular complexity index is 628. The first-order valence-electron chi connectivity index (χ1n) is 6.22. The maximum Gasteiger partial charge on any atom is 0.154 e. The van der Waals surface area contributed by atoms with Gasteiger partial charge in [0.05, 0.1) is 21.3 Å². The molecule has 0 spiro atoms. The first-order valence-corrected chi connectivity index (χ1v) is 7.37. The minimum absolute atomic E-state index is 0.508. The number of ether oxygens (including phenoxy) is 3. The van der Waals surface area contributed by atoms with Crippen LogP contribution in [0.4, 0.5) is 5.69 Å². The fourth-order valence-corrected chi connectivity index (χ4v) is 2.73. The topological polar surface area (TPSA) is 56.8 Å². The van der Waals surface area contributed by atoms with Gasteiger partial charge < -0.3 is 18.9 Å². The molecule has 0 aliphatic heterocycles. The van der Waals surface area contributed by atoms with Crippen LogP contribution in [-0.2, 0) is 11.0 Å². The summed E-state index contributed by atoms with van der Waals surface area (Å²) in [6.45, 7) is 0. The highest BCUT2D eigenvalue weighted by Crippen LogP contribution is 2.28. The summed E-state index contributed by atoms with van der Waals surface area (Å²) in [6.07, 6.45) is 0. The molecule has 6 heteroatoms. The molecule has 112 valence electrons. The first kappa shape index (κ1) is 15.2. The number of hydrogen-bond acceptors (Lipinski definition) is 4. The van der Waals surface area contributed by atoms with Crippen LogP contribution in [0.15, 0.2) is 47.4 Å². The van der Waals surface area contributed by atoms with Crippen molar-refractivity contribution in [3.8, 4) is 17.2 Å². The Morgan fingerprint density at radius 2 is 1.48 bits per heavy atom. The van der Waals surface area contributed by atoms with E-state index in [4.69, 9.17) is 14.2 Å². The molecule has 0 heterocycles. The van der Waals surface area contributed by atoms with Crippen LogP contribution in [-0.4, -0.2) is 25.5 Å². The van der Waals surface area contributed by atoms with Gasteiger partial charge >= 0.3 is 0 Å². The second-order valence-corrected chi connectivity index (χ2v) is 5.30. The summed E-state index contributed by atoms with van der Waals surface area (Å²) < 4.78 is 30.8. The summed E-state index contributed by atoms with van der Waals surface area (Å²) in [5, 5.41) is 0. The molecule has 1 unspecified atom stereocenters. The minimum Gasteiger partial charge on any atom is -0.497 e. The lowest BCUT2D eigenvalue weighted by atomic mass is 10.3. The fraction of sp³-hybridized carbons (Fsp3) is 0.200. The van der Waals surface area contributed by atoms with Crippen molar-refractivity contribution in [2.75, 3.05) is 26.1 Å². The Hall–Kier alpha value is -2.21. The molecular formula is C15H17NO4S. The van der Waals surface area contributed by atoms with Crippen LogP contribution in [0.5, 0.6) is 17.2 Å². The van der Waals surface area contributed by atoms with Crippen LogP contribution >= 0.6 is 0 Å². The Morgan fingerprint density at radius 1 is 0.857 bits per heavy atom.